The van der Waals surface area contributed by atoms with Crippen molar-refractivity contribution in [3.8, 4) is 0 Å². The number of fused-ring (bicyclic) bond motifs is 1. The summed E-state index contributed by atoms with van der Waals surface area (Å²) in [7, 11) is 2.13. The molecule has 1 fully saturated rings. The first kappa shape index (κ1) is 20.1. The zero-order valence-corrected chi connectivity index (χ0v) is 17.9. The van der Waals surface area contributed by atoms with Crippen molar-refractivity contribution in [2.45, 2.75) is 12.8 Å². The second kappa shape index (κ2) is 9.11. The fourth-order valence-electron chi connectivity index (χ4n) is 3.49. The lowest BCUT2D eigenvalue weighted by molar-refractivity contribution is 0.311. The molecule has 1 N–H and O–H groups in total. The van der Waals surface area contributed by atoms with Gasteiger partial charge in [-0.1, -0.05) is 23.2 Å². The van der Waals surface area contributed by atoms with Crippen LogP contribution in [0.3, 0.4) is 0 Å². The van der Waals surface area contributed by atoms with Crippen molar-refractivity contribution in [3.63, 3.8) is 0 Å². The van der Waals surface area contributed by atoms with E-state index in [2.05, 4.69) is 32.1 Å². The van der Waals surface area contributed by atoms with E-state index in [9.17, 15) is 0 Å². The summed E-state index contributed by atoms with van der Waals surface area (Å²) in [6.07, 6.45) is 3.57. The Kier molecular flexibility index (Phi) is 6.33. The Morgan fingerprint density at radius 2 is 1.86 bits per heavy atom. The minimum absolute atomic E-state index is 0.508. The number of hydrogen-bond donors (Lipinski definition) is 1. The molecule has 3 aromatic rings. The Balaban J connectivity index is 1.36. The van der Waals surface area contributed by atoms with Gasteiger partial charge in [0.05, 0.1) is 5.52 Å². The second-order valence-electron chi connectivity index (χ2n) is 7.32. The third-order valence-corrected chi connectivity index (χ3v) is 5.58. The second-order valence-corrected chi connectivity index (χ2v) is 8.15. The van der Waals surface area contributed by atoms with E-state index in [-0.39, 0.29) is 0 Å². The standard InChI is InChI=1S/C21H24Cl2N6/c1-28-9-11-29(12-10-28)21-26-16(14-20(23)27-21)3-2-7-24-18-6-8-25-19-13-15(22)4-5-17(18)19/h4-6,8,13-14H,2-3,7,9-12H2,1H3,(H,24,25). The van der Waals surface area contributed by atoms with E-state index in [1.54, 1.807) is 6.20 Å². The Morgan fingerprint density at radius 3 is 2.69 bits per heavy atom. The lowest BCUT2D eigenvalue weighted by Crippen LogP contribution is -2.45. The Bertz CT molecular complexity index is 988. The van der Waals surface area contributed by atoms with E-state index in [1.807, 2.05) is 30.3 Å². The lowest BCUT2D eigenvalue weighted by Gasteiger charge is -2.32. The molecular formula is C21H24Cl2N6. The number of benzene rings is 1. The van der Waals surface area contributed by atoms with Crippen LogP contribution in [0.15, 0.2) is 36.5 Å². The van der Waals surface area contributed by atoms with E-state index in [4.69, 9.17) is 28.2 Å². The molecule has 0 atom stereocenters. The molecule has 0 amide bonds. The summed E-state index contributed by atoms with van der Waals surface area (Å²) in [4.78, 5) is 18.1. The first-order valence-corrected chi connectivity index (χ1v) is 10.6. The number of likely N-dealkylation sites (N-methyl/N-ethyl adjacent to an activating group) is 1. The van der Waals surface area contributed by atoms with Crippen molar-refractivity contribution in [1.29, 1.82) is 0 Å². The highest BCUT2D eigenvalue weighted by Gasteiger charge is 2.17. The lowest BCUT2D eigenvalue weighted by atomic mass is 10.1. The molecule has 1 aromatic carbocycles. The van der Waals surface area contributed by atoms with Crippen LogP contribution in [-0.2, 0) is 6.42 Å². The summed E-state index contributed by atoms with van der Waals surface area (Å²) in [5.74, 6) is 0.741. The van der Waals surface area contributed by atoms with E-state index in [0.29, 0.717) is 10.2 Å². The summed E-state index contributed by atoms with van der Waals surface area (Å²) < 4.78 is 0. The number of nitrogens with zero attached hydrogens (tertiary/aromatic N) is 5. The minimum atomic E-state index is 0.508. The van der Waals surface area contributed by atoms with Crippen LogP contribution in [0.25, 0.3) is 10.9 Å². The average molecular weight is 431 g/mol. The highest BCUT2D eigenvalue weighted by molar-refractivity contribution is 6.31. The van der Waals surface area contributed by atoms with Gasteiger partial charge in [0.15, 0.2) is 0 Å². The number of hydrogen-bond acceptors (Lipinski definition) is 6. The molecule has 0 aliphatic carbocycles. The molecule has 0 radical (unpaired) electrons. The van der Waals surface area contributed by atoms with Gasteiger partial charge in [-0.25, -0.2) is 9.97 Å². The van der Waals surface area contributed by atoms with Gasteiger partial charge in [-0.05, 0) is 50.2 Å². The predicted octanol–water partition coefficient (Wildman–Crippen LogP) is 4.13. The minimum Gasteiger partial charge on any atom is -0.384 e. The monoisotopic (exact) mass is 430 g/mol. The maximum atomic E-state index is 6.26. The van der Waals surface area contributed by atoms with Gasteiger partial charge >= 0.3 is 0 Å². The molecule has 0 saturated carbocycles. The number of rotatable bonds is 6. The molecule has 1 saturated heterocycles. The van der Waals surface area contributed by atoms with Crippen LogP contribution in [0, 0.1) is 0 Å². The topological polar surface area (TPSA) is 57.2 Å². The smallest absolute Gasteiger partial charge is 0.227 e. The van der Waals surface area contributed by atoms with Gasteiger partial charge in [0, 0.05) is 60.7 Å². The van der Waals surface area contributed by atoms with Gasteiger partial charge in [-0.15, -0.1) is 0 Å². The van der Waals surface area contributed by atoms with Gasteiger partial charge < -0.3 is 15.1 Å². The molecule has 1 aliphatic rings. The fourth-order valence-corrected chi connectivity index (χ4v) is 3.86. The SMILES string of the molecule is CN1CCN(c2nc(Cl)cc(CCCNc3ccnc4cc(Cl)ccc34)n2)CC1. The third-order valence-electron chi connectivity index (χ3n) is 5.15. The molecule has 0 spiro atoms. The number of piperazine rings is 1. The molecule has 3 heterocycles. The molecule has 152 valence electrons. The number of aryl methyl sites for hydroxylation is 1. The molecule has 8 heteroatoms. The molecule has 0 unspecified atom stereocenters. The predicted molar refractivity (Wildman–Crippen MR) is 120 cm³/mol. The highest BCUT2D eigenvalue weighted by atomic mass is 35.5. The molecule has 4 rings (SSSR count). The van der Waals surface area contributed by atoms with Crippen molar-refractivity contribution >= 4 is 45.7 Å². The number of halogens is 2. The van der Waals surface area contributed by atoms with Crippen LogP contribution >= 0.6 is 23.2 Å². The summed E-state index contributed by atoms with van der Waals surface area (Å²) in [5.41, 5.74) is 2.93. The van der Waals surface area contributed by atoms with Gasteiger partial charge in [0.2, 0.25) is 5.95 Å². The molecule has 6 nitrogen and oxygen atoms in total. The van der Waals surface area contributed by atoms with Crippen LogP contribution < -0.4 is 10.2 Å². The first-order valence-electron chi connectivity index (χ1n) is 9.83. The van der Waals surface area contributed by atoms with Crippen LogP contribution in [0.5, 0.6) is 0 Å². The zero-order valence-electron chi connectivity index (χ0n) is 16.4. The van der Waals surface area contributed by atoms with Crippen LogP contribution in [0.4, 0.5) is 11.6 Å². The first-order chi connectivity index (χ1) is 14.1. The zero-order chi connectivity index (χ0) is 20.2. The largest absolute Gasteiger partial charge is 0.384 e. The maximum Gasteiger partial charge on any atom is 0.227 e. The van der Waals surface area contributed by atoms with E-state index in [1.165, 1.54) is 0 Å². The van der Waals surface area contributed by atoms with Gasteiger partial charge in [-0.2, -0.15) is 0 Å². The summed E-state index contributed by atoms with van der Waals surface area (Å²) in [6.45, 7) is 4.71. The van der Waals surface area contributed by atoms with Gasteiger partial charge in [-0.3, -0.25) is 4.98 Å². The Hall–Kier alpha value is -2.15. The van der Waals surface area contributed by atoms with Crippen LogP contribution in [-0.4, -0.2) is 59.6 Å². The van der Waals surface area contributed by atoms with Crippen LogP contribution in [0.1, 0.15) is 12.1 Å². The van der Waals surface area contributed by atoms with Crippen molar-refractivity contribution in [2.75, 3.05) is 50.0 Å². The van der Waals surface area contributed by atoms with E-state index >= 15 is 0 Å². The fraction of sp³-hybridized carbons (Fsp3) is 0.381. The normalized spacial score (nSPS) is 15.1. The van der Waals surface area contributed by atoms with Gasteiger partial charge in [0.25, 0.3) is 0 Å². The number of anilines is 2. The van der Waals surface area contributed by atoms with Crippen molar-refractivity contribution in [2.24, 2.45) is 0 Å². The molecular weight excluding hydrogens is 407 g/mol. The quantitative estimate of drug-likeness (QED) is 0.468. The Morgan fingerprint density at radius 1 is 1.03 bits per heavy atom. The third kappa shape index (κ3) is 5.07. The summed E-state index contributed by atoms with van der Waals surface area (Å²) in [6, 6.07) is 9.62. The van der Waals surface area contributed by atoms with E-state index in [0.717, 1.165) is 73.8 Å². The van der Waals surface area contributed by atoms with Crippen LogP contribution in [0.2, 0.25) is 10.2 Å². The molecule has 1 aliphatic heterocycles. The average Bonchev–Trinajstić information content (AvgIpc) is 2.71. The Labute approximate surface area is 180 Å². The number of nitrogens with one attached hydrogen (secondary N) is 1. The number of aromatic nitrogens is 3. The summed E-state index contributed by atoms with van der Waals surface area (Å²) >= 11 is 12.3. The molecule has 29 heavy (non-hydrogen) atoms. The molecule has 2 aromatic heterocycles. The van der Waals surface area contributed by atoms with E-state index < -0.39 is 0 Å². The van der Waals surface area contributed by atoms with Crippen molar-refractivity contribution < 1.29 is 0 Å². The highest BCUT2D eigenvalue weighted by Crippen LogP contribution is 2.24. The van der Waals surface area contributed by atoms with Crippen molar-refractivity contribution in [3.05, 3.63) is 52.4 Å². The van der Waals surface area contributed by atoms with Gasteiger partial charge in [0.1, 0.15) is 5.15 Å². The maximum absolute atomic E-state index is 6.26. The van der Waals surface area contributed by atoms with Crippen molar-refractivity contribution in [1.82, 2.24) is 19.9 Å². The summed E-state index contributed by atoms with van der Waals surface area (Å²) in [5, 5.41) is 5.77. The molecule has 0 bridgehead atoms. The number of pyridine rings is 1.